The van der Waals surface area contributed by atoms with Crippen LogP contribution in [0.3, 0.4) is 0 Å². The van der Waals surface area contributed by atoms with Gasteiger partial charge in [0.05, 0.1) is 34.8 Å². The van der Waals surface area contributed by atoms with E-state index < -0.39 is 5.97 Å². The summed E-state index contributed by atoms with van der Waals surface area (Å²) in [6.45, 7) is 3.56. The summed E-state index contributed by atoms with van der Waals surface area (Å²) in [5.74, 6) is -0.468. The Morgan fingerprint density at radius 2 is 2.11 bits per heavy atom. The molecule has 0 aliphatic carbocycles. The van der Waals surface area contributed by atoms with E-state index in [1.54, 1.807) is 26.0 Å². The van der Waals surface area contributed by atoms with Crippen molar-refractivity contribution in [2.45, 2.75) is 13.8 Å². The molecule has 2 rings (SSSR count). The van der Waals surface area contributed by atoms with Gasteiger partial charge in [-0.1, -0.05) is 11.6 Å². The smallest absolute Gasteiger partial charge is 0.337 e. The lowest BCUT2D eigenvalue weighted by Gasteiger charge is -2.10. The molecule has 5 nitrogen and oxygen atoms in total. The molecular weight excluding hydrogens is 268 g/mol. The summed E-state index contributed by atoms with van der Waals surface area (Å²) in [6.07, 6.45) is 0. The molecule has 0 fully saturated rings. The number of aromatic nitrogens is 2. The predicted octanol–water partition coefficient (Wildman–Crippen LogP) is 2.85. The topological polar surface area (TPSA) is 64.3 Å². The highest BCUT2D eigenvalue weighted by Gasteiger charge is 2.17. The Kier molecular flexibility index (Phi) is 3.48. The van der Waals surface area contributed by atoms with Crippen LogP contribution in [-0.2, 0) is 0 Å². The number of carbonyl (C=O) groups is 1. The maximum absolute atomic E-state index is 11.3. The molecule has 1 N–H and O–H groups in total. The van der Waals surface area contributed by atoms with Crippen LogP contribution in [0.15, 0.2) is 18.2 Å². The van der Waals surface area contributed by atoms with Crippen LogP contribution in [0.1, 0.15) is 21.7 Å². The van der Waals surface area contributed by atoms with Gasteiger partial charge >= 0.3 is 5.97 Å². The zero-order chi connectivity index (χ0) is 14.2. The summed E-state index contributed by atoms with van der Waals surface area (Å²) < 4.78 is 6.64. The Morgan fingerprint density at radius 3 is 2.58 bits per heavy atom. The van der Waals surface area contributed by atoms with Gasteiger partial charge < -0.3 is 9.84 Å². The van der Waals surface area contributed by atoms with Gasteiger partial charge in [-0.25, -0.2) is 9.48 Å². The largest absolute Gasteiger partial charge is 0.497 e. The molecule has 0 radical (unpaired) electrons. The highest BCUT2D eigenvalue weighted by Crippen LogP contribution is 2.27. The number of carboxylic acids is 1. The zero-order valence-electron chi connectivity index (χ0n) is 10.8. The van der Waals surface area contributed by atoms with Crippen molar-refractivity contribution in [3.63, 3.8) is 0 Å². The lowest BCUT2D eigenvalue weighted by atomic mass is 10.1. The van der Waals surface area contributed by atoms with E-state index in [4.69, 9.17) is 16.3 Å². The number of aromatic carboxylic acids is 1. The van der Waals surface area contributed by atoms with E-state index in [0.29, 0.717) is 27.8 Å². The van der Waals surface area contributed by atoms with Crippen LogP contribution in [0.25, 0.3) is 5.69 Å². The van der Waals surface area contributed by atoms with Crippen LogP contribution in [0.4, 0.5) is 0 Å². The van der Waals surface area contributed by atoms with Gasteiger partial charge in [0.1, 0.15) is 5.75 Å². The number of methoxy groups -OCH3 is 1. The van der Waals surface area contributed by atoms with E-state index in [0.717, 1.165) is 0 Å². The van der Waals surface area contributed by atoms with E-state index in [-0.39, 0.29) is 5.56 Å². The molecule has 0 saturated carbocycles. The third kappa shape index (κ3) is 2.29. The predicted molar refractivity (Wildman–Crippen MR) is 71.6 cm³/mol. The molecular formula is C13H13ClN2O3. The van der Waals surface area contributed by atoms with Gasteiger partial charge in [0.25, 0.3) is 0 Å². The Bertz CT molecular complexity index is 650. The van der Waals surface area contributed by atoms with Gasteiger partial charge in [-0.05, 0) is 26.0 Å². The van der Waals surface area contributed by atoms with Gasteiger partial charge in [-0.15, -0.1) is 0 Å². The number of nitrogens with zero attached hydrogens (tertiary/aromatic N) is 2. The van der Waals surface area contributed by atoms with Gasteiger partial charge in [0.2, 0.25) is 0 Å². The number of ether oxygens (including phenoxy) is 1. The Morgan fingerprint density at radius 1 is 1.42 bits per heavy atom. The minimum Gasteiger partial charge on any atom is -0.497 e. The second kappa shape index (κ2) is 4.93. The first-order valence-electron chi connectivity index (χ1n) is 5.59. The van der Waals surface area contributed by atoms with Gasteiger partial charge in [0, 0.05) is 6.07 Å². The lowest BCUT2D eigenvalue weighted by molar-refractivity contribution is 0.0696. The quantitative estimate of drug-likeness (QED) is 0.939. The standard InChI is InChI=1S/C13H13ClN2O3/c1-7-12(14)8(2)16(15-7)11-6-9(19-3)4-5-10(11)13(17)18/h4-6H,1-3H3,(H,17,18). The minimum atomic E-state index is -1.03. The second-order valence-electron chi connectivity index (χ2n) is 4.08. The molecule has 1 heterocycles. The van der Waals surface area contributed by atoms with Crippen molar-refractivity contribution in [3.05, 3.63) is 40.2 Å². The number of carboxylic acid groups (broad SMARTS) is 1. The van der Waals surface area contributed by atoms with E-state index in [2.05, 4.69) is 5.10 Å². The number of halogens is 1. The molecule has 100 valence electrons. The van der Waals surface area contributed by atoms with Gasteiger partial charge in [-0.2, -0.15) is 5.10 Å². The summed E-state index contributed by atoms with van der Waals surface area (Å²) in [4.78, 5) is 11.3. The van der Waals surface area contributed by atoms with Crippen molar-refractivity contribution < 1.29 is 14.6 Å². The molecule has 2 aromatic rings. The fraction of sp³-hybridized carbons (Fsp3) is 0.231. The van der Waals surface area contributed by atoms with Crippen LogP contribution >= 0.6 is 11.6 Å². The van der Waals surface area contributed by atoms with E-state index in [1.165, 1.54) is 17.9 Å². The van der Waals surface area contributed by atoms with Gasteiger partial charge in [0.15, 0.2) is 0 Å². The summed E-state index contributed by atoms with van der Waals surface area (Å²) in [7, 11) is 1.52. The minimum absolute atomic E-state index is 0.142. The van der Waals surface area contributed by atoms with Crippen LogP contribution in [0.5, 0.6) is 5.75 Å². The second-order valence-corrected chi connectivity index (χ2v) is 4.46. The van der Waals surface area contributed by atoms with Crippen LogP contribution in [-0.4, -0.2) is 28.0 Å². The van der Waals surface area contributed by atoms with Crippen molar-refractivity contribution in [2.75, 3.05) is 7.11 Å². The normalized spacial score (nSPS) is 10.5. The van der Waals surface area contributed by atoms with E-state index in [9.17, 15) is 9.90 Å². The summed E-state index contributed by atoms with van der Waals surface area (Å²) >= 11 is 6.09. The highest BCUT2D eigenvalue weighted by molar-refractivity contribution is 6.31. The van der Waals surface area contributed by atoms with Crippen LogP contribution < -0.4 is 4.74 Å². The molecule has 6 heteroatoms. The van der Waals surface area contributed by atoms with Crippen molar-refractivity contribution in [1.82, 2.24) is 9.78 Å². The molecule has 0 spiro atoms. The molecule has 1 aromatic heterocycles. The SMILES string of the molecule is COc1ccc(C(=O)O)c(-n2nc(C)c(Cl)c2C)c1. The summed E-state index contributed by atoms with van der Waals surface area (Å²) in [5.41, 5.74) is 1.91. The lowest BCUT2D eigenvalue weighted by Crippen LogP contribution is -2.08. The first kappa shape index (κ1) is 13.4. The number of hydrogen-bond donors (Lipinski definition) is 1. The van der Waals surface area contributed by atoms with Crippen molar-refractivity contribution >= 4 is 17.6 Å². The number of hydrogen-bond acceptors (Lipinski definition) is 3. The monoisotopic (exact) mass is 280 g/mol. The highest BCUT2D eigenvalue weighted by atomic mass is 35.5. The average Bonchev–Trinajstić information content (AvgIpc) is 2.65. The van der Waals surface area contributed by atoms with Crippen molar-refractivity contribution in [1.29, 1.82) is 0 Å². The third-order valence-electron chi connectivity index (χ3n) is 2.87. The summed E-state index contributed by atoms with van der Waals surface area (Å²) in [5, 5.41) is 14.0. The van der Waals surface area contributed by atoms with E-state index in [1.807, 2.05) is 0 Å². The average molecular weight is 281 g/mol. The first-order valence-corrected chi connectivity index (χ1v) is 5.97. The van der Waals surface area contributed by atoms with E-state index >= 15 is 0 Å². The van der Waals surface area contributed by atoms with Gasteiger partial charge in [-0.3, -0.25) is 0 Å². The molecule has 0 amide bonds. The molecule has 0 saturated heterocycles. The number of benzene rings is 1. The fourth-order valence-corrected chi connectivity index (χ4v) is 1.97. The molecule has 0 aliphatic heterocycles. The number of aryl methyl sites for hydroxylation is 1. The summed E-state index contributed by atoms with van der Waals surface area (Å²) in [6, 6.07) is 4.71. The number of rotatable bonds is 3. The molecule has 0 aliphatic rings. The third-order valence-corrected chi connectivity index (χ3v) is 3.41. The maximum Gasteiger partial charge on any atom is 0.337 e. The van der Waals surface area contributed by atoms with Crippen molar-refractivity contribution in [3.8, 4) is 11.4 Å². The molecule has 19 heavy (non-hydrogen) atoms. The molecule has 0 bridgehead atoms. The maximum atomic E-state index is 11.3. The van der Waals surface area contributed by atoms with Crippen molar-refractivity contribution in [2.24, 2.45) is 0 Å². The Labute approximate surface area is 115 Å². The fourth-order valence-electron chi connectivity index (χ4n) is 1.85. The van der Waals surface area contributed by atoms with Crippen LogP contribution in [0.2, 0.25) is 5.02 Å². The molecule has 0 unspecified atom stereocenters. The molecule has 1 aromatic carbocycles. The Hall–Kier alpha value is -2.01. The molecule has 0 atom stereocenters. The Balaban J connectivity index is 2.71. The zero-order valence-corrected chi connectivity index (χ0v) is 11.5. The first-order chi connectivity index (χ1) is 8.95. The van der Waals surface area contributed by atoms with Crippen LogP contribution in [0, 0.1) is 13.8 Å².